The van der Waals surface area contributed by atoms with E-state index in [9.17, 15) is 19.5 Å². The van der Waals surface area contributed by atoms with Crippen LogP contribution in [0.2, 0.25) is 0 Å². The Morgan fingerprint density at radius 1 is 1.24 bits per heavy atom. The Morgan fingerprint density at radius 3 is 2.57 bits per heavy atom. The van der Waals surface area contributed by atoms with Crippen LogP contribution in [-0.2, 0) is 19.1 Å². The fourth-order valence-electron chi connectivity index (χ4n) is 8.14. The van der Waals surface area contributed by atoms with Gasteiger partial charge in [0.1, 0.15) is 11.0 Å². The molecule has 1 aromatic rings. The van der Waals surface area contributed by atoms with Crippen molar-refractivity contribution in [2.75, 3.05) is 7.11 Å². The van der Waals surface area contributed by atoms with Crippen LogP contribution in [0.15, 0.2) is 35.2 Å². The molecule has 200 valence electrons. The van der Waals surface area contributed by atoms with Gasteiger partial charge in [-0.05, 0) is 72.8 Å². The average Bonchev–Trinajstić information content (AvgIpc) is 3.36. The summed E-state index contributed by atoms with van der Waals surface area (Å²) in [6.45, 7) is 7.22. The highest BCUT2D eigenvalue weighted by Crippen LogP contribution is 2.72. The van der Waals surface area contributed by atoms with Crippen LogP contribution in [0.5, 0.6) is 0 Å². The first-order chi connectivity index (χ1) is 17.3. The van der Waals surface area contributed by atoms with Crippen LogP contribution < -0.4 is 0 Å². The van der Waals surface area contributed by atoms with Gasteiger partial charge in [0.2, 0.25) is 5.60 Å². The van der Waals surface area contributed by atoms with E-state index in [1.807, 2.05) is 13.8 Å². The molecule has 0 amide bonds. The molecule has 4 aliphatic carbocycles. The van der Waals surface area contributed by atoms with E-state index in [2.05, 4.69) is 0 Å². The van der Waals surface area contributed by atoms with Gasteiger partial charge in [0.25, 0.3) is 0 Å². The highest BCUT2D eigenvalue weighted by atomic mass is 35.5. The Kier molecular flexibility index (Phi) is 6.09. The number of alkyl halides is 2. The quantitative estimate of drug-likeness (QED) is 0.423. The van der Waals surface area contributed by atoms with Crippen molar-refractivity contribution in [1.29, 1.82) is 0 Å². The maximum atomic E-state index is 15.8. The second-order valence-electron chi connectivity index (χ2n) is 11.5. The largest absolute Gasteiger partial charge is 0.466 e. The van der Waals surface area contributed by atoms with Crippen LogP contribution in [0.1, 0.15) is 55.3 Å². The van der Waals surface area contributed by atoms with Crippen LogP contribution in [0.3, 0.4) is 0 Å². The smallest absolute Gasteiger partial charge is 0.351 e. The van der Waals surface area contributed by atoms with Crippen LogP contribution in [0.4, 0.5) is 4.39 Å². The zero-order valence-electron chi connectivity index (χ0n) is 21.5. The molecule has 3 fully saturated rings. The summed E-state index contributed by atoms with van der Waals surface area (Å²) in [5, 5.41) is 13.6. The normalized spacial score (nSPS) is 44.4. The van der Waals surface area contributed by atoms with E-state index in [1.54, 1.807) is 31.4 Å². The maximum absolute atomic E-state index is 15.8. The minimum atomic E-state index is -1.69. The van der Waals surface area contributed by atoms with E-state index >= 15 is 4.39 Å². The number of ether oxygens (including phenoxy) is 2. The molecule has 1 aromatic heterocycles. The van der Waals surface area contributed by atoms with Crippen LogP contribution in [0.25, 0.3) is 0 Å². The molecule has 1 heterocycles. The molecule has 9 heteroatoms. The lowest BCUT2D eigenvalue weighted by atomic mass is 9.45. The van der Waals surface area contributed by atoms with Gasteiger partial charge in [-0.25, -0.2) is 14.0 Å². The van der Waals surface area contributed by atoms with Crippen molar-refractivity contribution in [2.24, 2.45) is 28.6 Å². The fourth-order valence-corrected chi connectivity index (χ4v) is 9.43. The lowest BCUT2D eigenvalue weighted by Gasteiger charge is -2.64. The predicted molar refractivity (Wildman–Crippen MR) is 137 cm³/mol. The molecule has 0 saturated heterocycles. The molecule has 0 radical (unpaired) electrons. The first-order valence-corrected chi connectivity index (χ1v) is 13.9. The van der Waals surface area contributed by atoms with Crippen LogP contribution >= 0.6 is 22.9 Å². The Labute approximate surface area is 224 Å². The molecule has 0 aromatic carbocycles. The van der Waals surface area contributed by atoms with Gasteiger partial charge in [0.15, 0.2) is 5.78 Å². The Balaban J connectivity index is 1.64. The third kappa shape index (κ3) is 3.21. The van der Waals surface area contributed by atoms with E-state index in [0.717, 1.165) is 5.56 Å². The second kappa shape index (κ2) is 8.48. The molecule has 4 aliphatic rings. The summed E-state index contributed by atoms with van der Waals surface area (Å²) in [6, 6.07) is 1.80. The van der Waals surface area contributed by atoms with Gasteiger partial charge in [0, 0.05) is 16.7 Å². The highest BCUT2D eigenvalue weighted by Gasteiger charge is 2.78. The summed E-state index contributed by atoms with van der Waals surface area (Å²) >= 11 is 8.63. The third-order valence-corrected chi connectivity index (χ3v) is 11.9. The first kappa shape index (κ1) is 26.6. The summed E-state index contributed by atoms with van der Waals surface area (Å²) in [7, 11) is 1.25. The molecule has 0 bridgehead atoms. The number of fused-ring (bicyclic) bond motifs is 5. The molecule has 1 N–H and O–H groups in total. The van der Waals surface area contributed by atoms with Gasteiger partial charge in [-0.1, -0.05) is 26.8 Å². The van der Waals surface area contributed by atoms with Crippen molar-refractivity contribution in [3.8, 4) is 0 Å². The molecule has 0 spiro atoms. The molecule has 0 aliphatic heterocycles. The Morgan fingerprint density at radius 2 is 1.95 bits per heavy atom. The molecule has 37 heavy (non-hydrogen) atoms. The number of carbonyl (C=O) groups excluding carboxylic acids is 3. The fraction of sp³-hybridized carbons (Fsp3) is 0.607. The highest BCUT2D eigenvalue weighted by molar-refractivity contribution is 7.12. The maximum Gasteiger partial charge on any atom is 0.351 e. The van der Waals surface area contributed by atoms with Crippen LogP contribution in [-0.4, -0.2) is 52.7 Å². The number of aliphatic hydroxyl groups excluding tert-OH is 1. The minimum absolute atomic E-state index is 0.00862. The molecule has 3 saturated carbocycles. The lowest BCUT2D eigenvalue weighted by Crippen LogP contribution is -2.70. The first-order valence-electron chi connectivity index (χ1n) is 12.6. The average molecular weight is 551 g/mol. The molecule has 2 unspecified atom stereocenters. The molecule has 9 atom stereocenters. The molecule has 6 nitrogen and oxygen atoms in total. The Bertz CT molecular complexity index is 1240. The number of aliphatic hydroxyl groups is 1. The molecular formula is C28H32ClFO6S. The number of allylic oxidation sites excluding steroid dienone is 4. The topological polar surface area (TPSA) is 89.9 Å². The van der Waals surface area contributed by atoms with Crippen molar-refractivity contribution in [3.05, 3.63) is 45.7 Å². The summed E-state index contributed by atoms with van der Waals surface area (Å²) in [5.74, 6) is -3.02. The monoisotopic (exact) mass is 550 g/mol. The van der Waals surface area contributed by atoms with E-state index < -0.39 is 57.4 Å². The standard InChI is InChI=1S/C28H32ClFO6S/c1-14-7-9-37-22(14)23(33)36-28(24(34)35-5)15(2)10-17-18-12-20(30)19-11-16(31)6-8-25(19,3)27(18,29)21(32)13-26(17,28)4/h6-9,11,15,17-18,20-21,32H,10,12-13H2,1-5H3/t15-,17?,18?,20+,21+,25+,26+,27+,28+/m1/s1. The third-order valence-electron chi connectivity index (χ3n) is 9.96. The summed E-state index contributed by atoms with van der Waals surface area (Å²) in [6.07, 6.45) is 2.13. The summed E-state index contributed by atoms with van der Waals surface area (Å²) in [5.41, 5.74) is -2.85. The van der Waals surface area contributed by atoms with E-state index in [-0.39, 0.29) is 30.1 Å². The van der Waals surface area contributed by atoms with Crippen molar-refractivity contribution < 1.29 is 33.4 Å². The van der Waals surface area contributed by atoms with Crippen LogP contribution in [0, 0.1) is 35.5 Å². The number of thiophene rings is 1. The number of esters is 2. The number of hydrogen-bond acceptors (Lipinski definition) is 7. The van der Waals surface area contributed by atoms with Crippen molar-refractivity contribution in [3.63, 3.8) is 0 Å². The SMILES string of the molecule is COC(=O)[C@@]1(OC(=O)c2sccc2C)[C@H](C)CC2C3C[C@H](F)C4=CC(=O)C=C[C@]4(C)[C@@]3(Cl)[C@@H](O)C[C@@]21C. The van der Waals surface area contributed by atoms with Gasteiger partial charge in [-0.15, -0.1) is 22.9 Å². The number of carbonyl (C=O) groups is 3. The molecular weight excluding hydrogens is 519 g/mol. The van der Waals surface area contributed by atoms with E-state index in [0.29, 0.717) is 11.3 Å². The van der Waals surface area contributed by atoms with E-state index in [1.165, 1.54) is 30.6 Å². The number of ketones is 1. The summed E-state index contributed by atoms with van der Waals surface area (Å²) < 4.78 is 27.2. The van der Waals surface area contributed by atoms with Gasteiger partial charge < -0.3 is 14.6 Å². The van der Waals surface area contributed by atoms with Gasteiger partial charge in [-0.3, -0.25) is 4.79 Å². The lowest BCUT2D eigenvalue weighted by molar-refractivity contribution is -0.199. The van der Waals surface area contributed by atoms with E-state index in [4.69, 9.17) is 21.1 Å². The zero-order chi connectivity index (χ0) is 27.1. The molecule has 5 rings (SSSR count). The number of hydrogen-bond donors (Lipinski definition) is 1. The van der Waals surface area contributed by atoms with Crippen molar-refractivity contribution >= 4 is 40.7 Å². The van der Waals surface area contributed by atoms with Crippen molar-refractivity contribution in [2.45, 2.75) is 69.7 Å². The Hall–Kier alpha value is -2.03. The summed E-state index contributed by atoms with van der Waals surface area (Å²) in [4.78, 5) is 38.2. The zero-order valence-corrected chi connectivity index (χ0v) is 23.1. The van der Waals surface area contributed by atoms with Crippen molar-refractivity contribution in [1.82, 2.24) is 0 Å². The van der Waals surface area contributed by atoms with Gasteiger partial charge in [-0.2, -0.15) is 0 Å². The van der Waals surface area contributed by atoms with Gasteiger partial charge >= 0.3 is 11.9 Å². The number of aryl methyl sites for hydroxylation is 1. The second-order valence-corrected chi connectivity index (χ2v) is 13.1. The number of rotatable bonds is 3. The number of halogens is 2. The number of methoxy groups -OCH3 is 1. The minimum Gasteiger partial charge on any atom is -0.466 e. The predicted octanol–water partition coefficient (Wildman–Crippen LogP) is 4.96. The van der Waals surface area contributed by atoms with Gasteiger partial charge in [0.05, 0.1) is 18.1 Å².